The SMILES string of the molecule is COC(=O)c1cccc(NC(C)c2ccc(O)cc2F)c1. The first-order valence-electron chi connectivity index (χ1n) is 6.44. The van der Waals surface area contributed by atoms with Crippen molar-refractivity contribution in [2.24, 2.45) is 0 Å². The van der Waals surface area contributed by atoms with Gasteiger partial charge in [0.25, 0.3) is 0 Å². The molecule has 2 N–H and O–H groups in total. The maximum absolute atomic E-state index is 13.8. The van der Waals surface area contributed by atoms with E-state index in [9.17, 15) is 14.3 Å². The van der Waals surface area contributed by atoms with Crippen LogP contribution in [0.5, 0.6) is 5.75 Å². The van der Waals surface area contributed by atoms with E-state index in [1.165, 1.54) is 19.2 Å². The van der Waals surface area contributed by atoms with E-state index in [4.69, 9.17) is 0 Å². The molecule has 2 aromatic carbocycles. The first-order chi connectivity index (χ1) is 10.0. The number of rotatable bonds is 4. The van der Waals surface area contributed by atoms with Gasteiger partial charge in [-0.3, -0.25) is 0 Å². The summed E-state index contributed by atoms with van der Waals surface area (Å²) in [6.45, 7) is 1.79. The number of methoxy groups -OCH3 is 1. The number of halogens is 1. The average Bonchev–Trinajstić information content (AvgIpc) is 2.46. The predicted octanol–water partition coefficient (Wildman–Crippen LogP) is 3.49. The van der Waals surface area contributed by atoms with Crippen molar-refractivity contribution in [2.45, 2.75) is 13.0 Å². The predicted molar refractivity (Wildman–Crippen MR) is 77.9 cm³/mol. The van der Waals surface area contributed by atoms with Crippen LogP contribution in [-0.2, 0) is 4.74 Å². The first kappa shape index (κ1) is 14.8. The average molecular weight is 289 g/mol. The van der Waals surface area contributed by atoms with Gasteiger partial charge in [0.1, 0.15) is 11.6 Å². The third kappa shape index (κ3) is 3.51. The number of esters is 1. The Labute approximate surface area is 122 Å². The largest absolute Gasteiger partial charge is 0.508 e. The van der Waals surface area contributed by atoms with Crippen LogP contribution < -0.4 is 5.32 Å². The van der Waals surface area contributed by atoms with Gasteiger partial charge in [0, 0.05) is 17.3 Å². The monoisotopic (exact) mass is 289 g/mol. The fourth-order valence-electron chi connectivity index (χ4n) is 2.05. The minimum Gasteiger partial charge on any atom is -0.508 e. The van der Waals surface area contributed by atoms with E-state index in [-0.39, 0.29) is 11.8 Å². The van der Waals surface area contributed by atoms with Crippen LogP contribution in [0.15, 0.2) is 42.5 Å². The maximum atomic E-state index is 13.8. The van der Waals surface area contributed by atoms with Crippen molar-refractivity contribution < 1.29 is 19.0 Å². The molecule has 110 valence electrons. The summed E-state index contributed by atoms with van der Waals surface area (Å²) in [5.41, 5.74) is 1.52. The number of benzene rings is 2. The molecular weight excluding hydrogens is 273 g/mol. The molecule has 2 aromatic rings. The summed E-state index contributed by atoms with van der Waals surface area (Å²) in [7, 11) is 1.32. The molecule has 0 aromatic heterocycles. The van der Waals surface area contributed by atoms with E-state index in [1.54, 1.807) is 31.2 Å². The molecule has 0 aliphatic carbocycles. The van der Waals surface area contributed by atoms with Crippen LogP contribution in [0.1, 0.15) is 28.9 Å². The Morgan fingerprint density at radius 1 is 1.29 bits per heavy atom. The lowest BCUT2D eigenvalue weighted by atomic mass is 10.1. The highest BCUT2D eigenvalue weighted by molar-refractivity contribution is 5.90. The fourth-order valence-corrected chi connectivity index (χ4v) is 2.05. The summed E-state index contributed by atoms with van der Waals surface area (Å²) < 4.78 is 18.5. The van der Waals surface area contributed by atoms with Gasteiger partial charge < -0.3 is 15.2 Å². The lowest BCUT2D eigenvalue weighted by molar-refractivity contribution is 0.0601. The zero-order valence-corrected chi connectivity index (χ0v) is 11.8. The molecule has 5 heteroatoms. The molecule has 4 nitrogen and oxygen atoms in total. The van der Waals surface area contributed by atoms with Gasteiger partial charge in [-0.05, 0) is 31.2 Å². The van der Waals surface area contributed by atoms with E-state index in [0.717, 1.165) is 6.07 Å². The Morgan fingerprint density at radius 2 is 2.05 bits per heavy atom. The van der Waals surface area contributed by atoms with Crippen LogP contribution in [0.4, 0.5) is 10.1 Å². The molecule has 0 heterocycles. The molecule has 0 saturated heterocycles. The Bertz CT molecular complexity index is 658. The van der Waals surface area contributed by atoms with Gasteiger partial charge in [-0.2, -0.15) is 0 Å². The van der Waals surface area contributed by atoms with Crippen LogP contribution in [0.2, 0.25) is 0 Å². The molecule has 0 saturated carbocycles. The summed E-state index contributed by atoms with van der Waals surface area (Å²) >= 11 is 0. The highest BCUT2D eigenvalue weighted by Crippen LogP contribution is 2.24. The van der Waals surface area contributed by atoms with Crippen molar-refractivity contribution >= 4 is 11.7 Å². The van der Waals surface area contributed by atoms with E-state index in [2.05, 4.69) is 10.1 Å². The van der Waals surface area contributed by atoms with E-state index in [0.29, 0.717) is 16.8 Å². The summed E-state index contributed by atoms with van der Waals surface area (Å²) in [5.74, 6) is -1.03. The summed E-state index contributed by atoms with van der Waals surface area (Å²) in [4.78, 5) is 11.5. The van der Waals surface area contributed by atoms with Gasteiger partial charge in [0.2, 0.25) is 0 Å². The highest BCUT2D eigenvalue weighted by atomic mass is 19.1. The number of carbonyl (C=O) groups is 1. The van der Waals surface area contributed by atoms with Crippen molar-refractivity contribution in [3.63, 3.8) is 0 Å². The van der Waals surface area contributed by atoms with Crippen LogP contribution in [0.3, 0.4) is 0 Å². The van der Waals surface area contributed by atoms with Crippen LogP contribution in [-0.4, -0.2) is 18.2 Å². The number of phenolic OH excluding ortho intramolecular Hbond substituents is 1. The Kier molecular flexibility index (Phi) is 4.42. The number of ether oxygens (including phenoxy) is 1. The van der Waals surface area contributed by atoms with Crippen LogP contribution in [0, 0.1) is 5.82 Å². The summed E-state index contributed by atoms with van der Waals surface area (Å²) in [5, 5.41) is 12.3. The topological polar surface area (TPSA) is 58.6 Å². The van der Waals surface area contributed by atoms with Crippen LogP contribution >= 0.6 is 0 Å². The van der Waals surface area contributed by atoms with Crippen molar-refractivity contribution in [3.05, 3.63) is 59.4 Å². The number of hydrogen-bond donors (Lipinski definition) is 2. The lowest BCUT2D eigenvalue weighted by Gasteiger charge is -2.17. The third-order valence-electron chi connectivity index (χ3n) is 3.12. The normalized spacial score (nSPS) is 11.8. The standard InChI is InChI=1S/C16H16FNO3/c1-10(14-7-6-13(19)9-15(14)17)18-12-5-3-4-11(8-12)16(20)21-2/h3-10,18-19H,1-2H3. The van der Waals surface area contributed by atoms with Crippen molar-refractivity contribution in [1.82, 2.24) is 0 Å². The van der Waals surface area contributed by atoms with Gasteiger partial charge in [-0.15, -0.1) is 0 Å². The molecule has 0 bridgehead atoms. The smallest absolute Gasteiger partial charge is 0.337 e. The second-order valence-corrected chi connectivity index (χ2v) is 4.64. The van der Waals surface area contributed by atoms with Crippen LogP contribution in [0.25, 0.3) is 0 Å². The number of aromatic hydroxyl groups is 1. The van der Waals surface area contributed by atoms with Gasteiger partial charge in [0.05, 0.1) is 18.7 Å². The number of phenols is 1. The second kappa shape index (κ2) is 6.26. The molecule has 2 rings (SSSR count). The van der Waals surface area contributed by atoms with Gasteiger partial charge >= 0.3 is 5.97 Å². The summed E-state index contributed by atoms with van der Waals surface area (Å²) in [6.07, 6.45) is 0. The van der Waals surface area contributed by atoms with Crippen molar-refractivity contribution in [1.29, 1.82) is 0 Å². The quantitative estimate of drug-likeness (QED) is 0.846. The fraction of sp³-hybridized carbons (Fsp3) is 0.188. The molecule has 0 spiro atoms. The number of carbonyl (C=O) groups excluding carboxylic acids is 1. The Balaban J connectivity index is 2.19. The zero-order valence-electron chi connectivity index (χ0n) is 11.8. The summed E-state index contributed by atoms with van der Waals surface area (Å²) in [6, 6.07) is 10.5. The zero-order chi connectivity index (χ0) is 15.4. The van der Waals surface area contributed by atoms with Gasteiger partial charge in [0.15, 0.2) is 0 Å². The highest BCUT2D eigenvalue weighted by Gasteiger charge is 2.12. The second-order valence-electron chi connectivity index (χ2n) is 4.64. The molecule has 0 aliphatic rings. The van der Waals surface area contributed by atoms with Crippen molar-refractivity contribution in [2.75, 3.05) is 12.4 Å². The molecular formula is C16H16FNO3. The minimum absolute atomic E-state index is 0.115. The molecule has 0 aliphatic heterocycles. The molecule has 0 fully saturated rings. The molecule has 21 heavy (non-hydrogen) atoms. The van der Waals surface area contributed by atoms with Gasteiger partial charge in [-0.25, -0.2) is 9.18 Å². The number of anilines is 1. The van der Waals surface area contributed by atoms with E-state index < -0.39 is 11.8 Å². The molecule has 1 unspecified atom stereocenters. The Hall–Kier alpha value is -2.56. The Morgan fingerprint density at radius 3 is 2.71 bits per heavy atom. The number of nitrogens with one attached hydrogen (secondary N) is 1. The maximum Gasteiger partial charge on any atom is 0.337 e. The van der Waals surface area contributed by atoms with E-state index in [1.807, 2.05) is 0 Å². The van der Waals surface area contributed by atoms with Gasteiger partial charge in [-0.1, -0.05) is 12.1 Å². The van der Waals surface area contributed by atoms with E-state index >= 15 is 0 Å². The lowest BCUT2D eigenvalue weighted by Crippen LogP contribution is -2.09. The first-order valence-corrected chi connectivity index (χ1v) is 6.44. The number of hydrogen-bond acceptors (Lipinski definition) is 4. The molecule has 0 radical (unpaired) electrons. The molecule has 1 atom stereocenters. The third-order valence-corrected chi connectivity index (χ3v) is 3.12. The minimum atomic E-state index is -0.487. The molecule has 0 amide bonds. The van der Waals surface area contributed by atoms with Crippen molar-refractivity contribution in [3.8, 4) is 5.75 Å².